The van der Waals surface area contributed by atoms with E-state index in [0.29, 0.717) is 0 Å². The molecule has 0 saturated heterocycles. The number of fused-ring (bicyclic) bond motifs is 1. The van der Waals surface area contributed by atoms with Gasteiger partial charge in [-0.05, 0) is 25.2 Å². The third kappa shape index (κ3) is 2.30. The number of carbonyl (C=O) groups excluding carboxylic acids is 1. The molecule has 1 aromatic rings. The first-order chi connectivity index (χ1) is 7.89. The third-order valence-corrected chi connectivity index (χ3v) is 2.90. The summed E-state index contributed by atoms with van der Waals surface area (Å²) in [5.74, 6) is 0. The Labute approximate surface area is 99.7 Å². The van der Waals surface area contributed by atoms with Crippen LogP contribution in [0.1, 0.15) is 37.2 Å². The van der Waals surface area contributed by atoms with E-state index in [1.165, 1.54) is 0 Å². The molecule has 0 saturated carbocycles. The molecule has 6 heteroatoms. The minimum atomic E-state index is -0.649. The van der Waals surface area contributed by atoms with Gasteiger partial charge in [-0.2, -0.15) is 10.2 Å². The van der Waals surface area contributed by atoms with Crippen LogP contribution in [-0.2, 0) is 6.42 Å². The molecule has 2 amide bonds. The number of nitrogens with two attached hydrogens (primary N) is 1. The summed E-state index contributed by atoms with van der Waals surface area (Å²) in [4.78, 5) is 10.7. The minimum absolute atomic E-state index is 0.0901. The Morgan fingerprint density at radius 1 is 1.53 bits per heavy atom. The number of hydrogen-bond donors (Lipinski definition) is 3. The molecular formula is C11H17N5O. The molecule has 92 valence electrons. The van der Waals surface area contributed by atoms with Crippen LogP contribution >= 0.6 is 0 Å². The van der Waals surface area contributed by atoms with Crippen molar-refractivity contribution in [3.63, 3.8) is 0 Å². The zero-order valence-electron chi connectivity index (χ0n) is 10.3. The topological polar surface area (TPSA) is 96.2 Å². The number of aromatic amines is 1. The second-order valence-corrected chi connectivity index (χ2v) is 5.22. The Balaban J connectivity index is 2.41. The maximum Gasteiger partial charge on any atom is 0.332 e. The summed E-state index contributed by atoms with van der Waals surface area (Å²) in [6.07, 6.45) is 1.70. The lowest BCUT2D eigenvalue weighted by Gasteiger charge is -2.29. The first-order valence-corrected chi connectivity index (χ1v) is 5.55. The second-order valence-electron chi connectivity index (χ2n) is 5.22. The van der Waals surface area contributed by atoms with E-state index in [1.807, 2.05) is 6.92 Å². The van der Waals surface area contributed by atoms with Gasteiger partial charge in [-0.1, -0.05) is 13.8 Å². The number of H-pyrrole nitrogens is 1. The van der Waals surface area contributed by atoms with Gasteiger partial charge in [-0.15, -0.1) is 0 Å². The van der Waals surface area contributed by atoms with E-state index in [2.05, 4.69) is 34.6 Å². The highest BCUT2D eigenvalue weighted by Crippen LogP contribution is 2.35. The van der Waals surface area contributed by atoms with Gasteiger partial charge in [0.05, 0.1) is 11.4 Å². The van der Waals surface area contributed by atoms with Crippen molar-refractivity contribution in [1.82, 2.24) is 15.6 Å². The molecule has 6 nitrogen and oxygen atoms in total. The zero-order chi connectivity index (χ0) is 12.6. The number of aromatic nitrogens is 2. The van der Waals surface area contributed by atoms with Crippen molar-refractivity contribution < 1.29 is 4.79 Å². The SMILES string of the molecule is Cc1[nH]nc2c1/C(=N\NC(N)=O)CC(C)(C)C2. The molecule has 0 aromatic carbocycles. The normalized spacial score (nSPS) is 20.1. The molecule has 1 aliphatic carbocycles. The smallest absolute Gasteiger partial charge is 0.332 e. The number of urea groups is 1. The first-order valence-electron chi connectivity index (χ1n) is 5.55. The maximum atomic E-state index is 10.7. The standard InChI is InChI=1S/C11H17N5O/c1-6-9-7(14-13-6)4-11(2,3)5-8(9)15-16-10(12)17/h4-5H2,1-3H3,(H,13,14)(H3,12,16,17)/b15-8-. The summed E-state index contributed by atoms with van der Waals surface area (Å²) in [6, 6.07) is -0.649. The van der Waals surface area contributed by atoms with Crippen molar-refractivity contribution >= 4 is 11.7 Å². The number of nitrogens with one attached hydrogen (secondary N) is 2. The fourth-order valence-corrected chi connectivity index (χ4v) is 2.27. The molecule has 0 aliphatic heterocycles. The van der Waals surface area contributed by atoms with Crippen molar-refractivity contribution in [1.29, 1.82) is 0 Å². The molecule has 2 rings (SSSR count). The van der Waals surface area contributed by atoms with Crippen molar-refractivity contribution in [2.45, 2.75) is 33.6 Å². The monoisotopic (exact) mass is 235 g/mol. The van der Waals surface area contributed by atoms with E-state index in [1.54, 1.807) is 0 Å². The molecule has 0 bridgehead atoms. The van der Waals surface area contributed by atoms with Crippen molar-refractivity contribution in [2.24, 2.45) is 16.3 Å². The summed E-state index contributed by atoms with van der Waals surface area (Å²) in [5.41, 5.74) is 11.2. The summed E-state index contributed by atoms with van der Waals surface area (Å²) in [6.45, 7) is 6.25. The van der Waals surface area contributed by atoms with Crippen LogP contribution in [0.5, 0.6) is 0 Å². The Bertz CT molecular complexity index is 486. The highest BCUT2D eigenvalue weighted by molar-refractivity contribution is 6.04. The lowest BCUT2D eigenvalue weighted by Crippen LogP contribution is -2.31. The Kier molecular flexibility index (Phi) is 2.65. The summed E-state index contributed by atoms with van der Waals surface area (Å²) < 4.78 is 0. The highest BCUT2D eigenvalue weighted by atomic mass is 16.2. The molecule has 1 heterocycles. The van der Waals surface area contributed by atoms with E-state index in [9.17, 15) is 4.79 Å². The number of carbonyl (C=O) groups is 1. The number of primary amides is 1. The van der Waals surface area contributed by atoms with Gasteiger partial charge in [0.2, 0.25) is 0 Å². The number of aryl methyl sites for hydroxylation is 1. The average Bonchev–Trinajstić information content (AvgIpc) is 2.54. The van der Waals surface area contributed by atoms with Crippen LogP contribution in [0.15, 0.2) is 5.10 Å². The highest BCUT2D eigenvalue weighted by Gasteiger charge is 2.32. The van der Waals surface area contributed by atoms with Crippen LogP contribution in [0.4, 0.5) is 4.79 Å². The van der Waals surface area contributed by atoms with Crippen LogP contribution in [0.25, 0.3) is 0 Å². The third-order valence-electron chi connectivity index (χ3n) is 2.90. The van der Waals surface area contributed by atoms with Gasteiger partial charge in [0, 0.05) is 11.3 Å². The molecule has 17 heavy (non-hydrogen) atoms. The fraction of sp³-hybridized carbons (Fsp3) is 0.545. The molecule has 0 fully saturated rings. The van der Waals surface area contributed by atoms with Gasteiger partial charge < -0.3 is 5.73 Å². The molecule has 0 atom stereocenters. The van der Waals surface area contributed by atoms with Gasteiger partial charge in [0.25, 0.3) is 0 Å². The molecule has 0 radical (unpaired) electrons. The predicted molar refractivity (Wildman–Crippen MR) is 64.7 cm³/mol. The van der Waals surface area contributed by atoms with Crippen LogP contribution in [0, 0.1) is 12.3 Å². The largest absolute Gasteiger partial charge is 0.350 e. The van der Waals surface area contributed by atoms with Crippen LogP contribution in [-0.4, -0.2) is 21.9 Å². The van der Waals surface area contributed by atoms with Crippen molar-refractivity contribution in [3.8, 4) is 0 Å². The van der Waals surface area contributed by atoms with Crippen LogP contribution in [0.2, 0.25) is 0 Å². The van der Waals surface area contributed by atoms with Gasteiger partial charge >= 0.3 is 6.03 Å². The Morgan fingerprint density at radius 2 is 2.24 bits per heavy atom. The van der Waals surface area contributed by atoms with Gasteiger partial charge in [-0.3, -0.25) is 5.10 Å². The molecular weight excluding hydrogens is 218 g/mol. The quantitative estimate of drug-likeness (QED) is 0.634. The molecule has 0 unspecified atom stereocenters. The summed E-state index contributed by atoms with van der Waals surface area (Å²) in [7, 11) is 0. The van der Waals surface area contributed by atoms with E-state index in [4.69, 9.17) is 5.73 Å². The Morgan fingerprint density at radius 3 is 2.88 bits per heavy atom. The number of nitrogens with zero attached hydrogens (tertiary/aromatic N) is 2. The van der Waals surface area contributed by atoms with E-state index in [0.717, 1.165) is 35.5 Å². The van der Waals surface area contributed by atoms with E-state index in [-0.39, 0.29) is 5.41 Å². The van der Waals surface area contributed by atoms with E-state index < -0.39 is 6.03 Å². The maximum absolute atomic E-state index is 10.7. The zero-order valence-corrected chi connectivity index (χ0v) is 10.3. The first kappa shape index (κ1) is 11.6. The number of amides is 2. The lowest BCUT2D eigenvalue weighted by molar-refractivity contribution is 0.249. The van der Waals surface area contributed by atoms with Gasteiger partial charge in [0.1, 0.15) is 0 Å². The van der Waals surface area contributed by atoms with Crippen LogP contribution in [0.3, 0.4) is 0 Å². The molecule has 1 aromatic heterocycles. The fourth-order valence-electron chi connectivity index (χ4n) is 2.27. The van der Waals surface area contributed by atoms with Crippen molar-refractivity contribution in [2.75, 3.05) is 0 Å². The number of hydrazone groups is 1. The minimum Gasteiger partial charge on any atom is -0.350 e. The molecule has 1 aliphatic rings. The predicted octanol–water partition coefficient (Wildman–Crippen LogP) is 1.06. The average molecular weight is 235 g/mol. The van der Waals surface area contributed by atoms with Crippen molar-refractivity contribution in [3.05, 3.63) is 17.0 Å². The van der Waals surface area contributed by atoms with Gasteiger partial charge in [0.15, 0.2) is 0 Å². The summed E-state index contributed by atoms with van der Waals surface area (Å²) in [5, 5.41) is 11.3. The number of rotatable bonds is 1. The second kappa shape index (κ2) is 3.87. The number of hydrogen-bond acceptors (Lipinski definition) is 3. The van der Waals surface area contributed by atoms with Crippen LogP contribution < -0.4 is 11.2 Å². The van der Waals surface area contributed by atoms with Gasteiger partial charge in [-0.25, -0.2) is 10.2 Å². The lowest BCUT2D eigenvalue weighted by atomic mass is 9.75. The molecule has 0 spiro atoms. The molecule has 4 N–H and O–H groups in total. The Hall–Kier alpha value is -1.85. The summed E-state index contributed by atoms with van der Waals surface area (Å²) >= 11 is 0. The van der Waals surface area contributed by atoms with E-state index >= 15 is 0 Å².